The Kier molecular flexibility index (Phi) is 6.20. The summed E-state index contributed by atoms with van der Waals surface area (Å²) in [4.78, 5) is 14.4. The molecule has 0 spiro atoms. The van der Waals surface area contributed by atoms with E-state index in [1.165, 1.54) is 6.21 Å². The van der Waals surface area contributed by atoms with Crippen molar-refractivity contribution in [2.75, 3.05) is 13.2 Å². The van der Waals surface area contributed by atoms with Crippen LogP contribution in [0.1, 0.15) is 44.7 Å². The van der Waals surface area contributed by atoms with Crippen LogP contribution in [0.4, 0.5) is 4.79 Å². The fraction of sp³-hybridized carbons (Fsp3) is 0.556. The van der Waals surface area contributed by atoms with Crippen LogP contribution < -0.4 is 0 Å². The van der Waals surface area contributed by atoms with Crippen LogP contribution in [0, 0.1) is 0 Å². The van der Waals surface area contributed by atoms with Gasteiger partial charge in [-0.3, -0.25) is 0 Å². The number of benzene rings is 1. The lowest BCUT2D eigenvalue weighted by molar-refractivity contribution is -0.00808. The molecule has 24 heavy (non-hydrogen) atoms. The summed E-state index contributed by atoms with van der Waals surface area (Å²) in [6.45, 7) is 7.42. The van der Waals surface area contributed by atoms with E-state index >= 15 is 0 Å². The Hall–Kier alpha value is -2.08. The molecule has 6 heteroatoms. The first kappa shape index (κ1) is 18.3. The SMILES string of the molecule is CC(C)(C)OC(=O)N(Cc1ccc(/C=N/O)cc1)C1CCOCC1. The van der Waals surface area contributed by atoms with Crippen LogP contribution in [-0.4, -0.2) is 47.3 Å². The van der Waals surface area contributed by atoms with Gasteiger partial charge >= 0.3 is 6.09 Å². The molecular weight excluding hydrogens is 308 g/mol. The molecular formula is C18H26N2O4. The first-order valence-electron chi connectivity index (χ1n) is 8.23. The van der Waals surface area contributed by atoms with E-state index in [2.05, 4.69) is 5.16 Å². The summed E-state index contributed by atoms with van der Waals surface area (Å²) in [5.74, 6) is 0. The highest BCUT2D eigenvalue weighted by Crippen LogP contribution is 2.21. The van der Waals surface area contributed by atoms with Crippen LogP contribution >= 0.6 is 0 Å². The molecule has 6 nitrogen and oxygen atoms in total. The van der Waals surface area contributed by atoms with E-state index in [0.29, 0.717) is 19.8 Å². The van der Waals surface area contributed by atoms with Crippen molar-refractivity contribution < 1.29 is 19.5 Å². The van der Waals surface area contributed by atoms with Gasteiger partial charge in [-0.15, -0.1) is 0 Å². The maximum Gasteiger partial charge on any atom is 0.410 e. The van der Waals surface area contributed by atoms with Crippen molar-refractivity contribution in [3.63, 3.8) is 0 Å². The van der Waals surface area contributed by atoms with E-state index in [4.69, 9.17) is 14.7 Å². The molecule has 1 aromatic carbocycles. The zero-order valence-corrected chi connectivity index (χ0v) is 14.6. The summed E-state index contributed by atoms with van der Waals surface area (Å²) in [7, 11) is 0. The smallest absolute Gasteiger partial charge is 0.410 e. The summed E-state index contributed by atoms with van der Waals surface area (Å²) >= 11 is 0. The van der Waals surface area contributed by atoms with Crippen LogP contribution in [0.25, 0.3) is 0 Å². The second-order valence-corrected chi connectivity index (χ2v) is 6.94. The van der Waals surface area contributed by atoms with Gasteiger partial charge in [-0.1, -0.05) is 29.4 Å². The molecule has 1 fully saturated rings. The maximum absolute atomic E-state index is 12.6. The third kappa shape index (κ3) is 5.53. The molecule has 1 aromatic rings. The number of rotatable bonds is 4. The summed E-state index contributed by atoms with van der Waals surface area (Å²) in [5, 5.41) is 11.6. The lowest BCUT2D eigenvalue weighted by Gasteiger charge is -2.35. The molecule has 0 bridgehead atoms. The average molecular weight is 334 g/mol. The van der Waals surface area contributed by atoms with Gasteiger partial charge < -0.3 is 19.6 Å². The minimum absolute atomic E-state index is 0.118. The first-order chi connectivity index (χ1) is 11.4. The quantitative estimate of drug-likeness (QED) is 0.520. The molecule has 1 heterocycles. The van der Waals surface area contributed by atoms with Gasteiger partial charge in [0.1, 0.15) is 5.60 Å². The Morgan fingerprint density at radius 2 is 1.96 bits per heavy atom. The summed E-state index contributed by atoms with van der Waals surface area (Å²) < 4.78 is 11.0. The minimum Gasteiger partial charge on any atom is -0.444 e. The molecule has 2 rings (SSSR count). The molecule has 0 unspecified atom stereocenters. The van der Waals surface area contributed by atoms with Crippen LogP contribution in [0.5, 0.6) is 0 Å². The van der Waals surface area contributed by atoms with Crippen molar-refractivity contribution in [2.45, 2.75) is 51.8 Å². The number of carbonyl (C=O) groups is 1. The molecule has 132 valence electrons. The van der Waals surface area contributed by atoms with E-state index in [1.54, 1.807) is 4.90 Å². The van der Waals surface area contributed by atoms with Crippen LogP contribution in [0.3, 0.4) is 0 Å². The number of amides is 1. The van der Waals surface area contributed by atoms with E-state index < -0.39 is 5.60 Å². The molecule has 0 aromatic heterocycles. The van der Waals surface area contributed by atoms with E-state index in [9.17, 15) is 4.79 Å². The highest BCUT2D eigenvalue weighted by molar-refractivity contribution is 5.79. The number of nitrogens with zero attached hydrogens (tertiary/aromatic N) is 2. The third-order valence-corrected chi connectivity index (χ3v) is 3.80. The zero-order valence-electron chi connectivity index (χ0n) is 14.6. The van der Waals surface area contributed by atoms with Gasteiger partial charge in [0.05, 0.1) is 6.21 Å². The monoisotopic (exact) mass is 334 g/mol. The third-order valence-electron chi connectivity index (χ3n) is 3.80. The predicted molar refractivity (Wildman–Crippen MR) is 91.4 cm³/mol. The lowest BCUT2D eigenvalue weighted by atomic mass is 10.1. The van der Waals surface area contributed by atoms with Crippen molar-refractivity contribution in [3.8, 4) is 0 Å². The van der Waals surface area contributed by atoms with E-state index in [-0.39, 0.29) is 12.1 Å². The van der Waals surface area contributed by atoms with Gasteiger partial charge in [-0.25, -0.2) is 4.79 Å². The van der Waals surface area contributed by atoms with Gasteiger partial charge in [0.2, 0.25) is 0 Å². The zero-order chi connectivity index (χ0) is 17.6. The van der Waals surface area contributed by atoms with Crippen LogP contribution in [0.15, 0.2) is 29.4 Å². The Morgan fingerprint density at radius 1 is 1.33 bits per heavy atom. The van der Waals surface area contributed by atoms with Gasteiger partial charge in [0, 0.05) is 25.8 Å². The maximum atomic E-state index is 12.6. The molecule has 1 aliphatic rings. The Balaban J connectivity index is 2.13. The van der Waals surface area contributed by atoms with Gasteiger partial charge in [-0.05, 0) is 44.7 Å². The largest absolute Gasteiger partial charge is 0.444 e. The van der Waals surface area contributed by atoms with Gasteiger partial charge in [0.15, 0.2) is 0 Å². The van der Waals surface area contributed by atoms with Crippen LogP contribution in [-0.2, 0) is 16.0 Å². The second kappa shape index (κ2) is 8.15. The number of oxime groups is 1. The number of carbonyl (C=O) groups excluding carboxylic acids is 1. The Labute approximate surface area is 143 Å². The minimum atomic E-state index is -0.526. The average Bonchev–Trinajstić information content (AvgIpc) is 2.53. The van der Waals surface area contributed by atoms with E-state index in [0.717, 1.165) is 24.0 Å². The Morgan fingerprint density at radius 3 is 2.50 bits per heavy atom. The normalized spacial score (nSPS) is 16.3. The standard InChI is InChI=1S/C18H26N2O4/c1-18(2,3)24-17(21)20(16-8-10-23-11-9-16)13-15-6-4-14(5-7-15)12-19-22/h4-7,12,16,22H,8-11,13H2,1-3H3/b19-12+. The highest BCUT2D eigenvalue weighted by Gasteiger charge is 2.29. The highest BCUT2D eigenvalue weighted by atomic mass is 16.6. The van der Waals surface area contributed by atoms with Crippen molar-refractivity contribution in [1.82, 2.24) is 4.90 Å². The second-order valence-electron chi connectivity index (χ2n) is 6.94. The van der Waals surface area contributed by atoms with E-state index in [1.807, 2.05) is 45.0 Å². The van der Waals surface area contributed by atoms with Gasteiger partial charge in [0.25, 0.3) is 0 Å². The molecule has 1 N–H and O–H groups in total. The fourth-order valence-electron chi connectivity index (χ4n) is 2.63. The molecule has 0 aliphatic carbocycles. The van der Waals surface area contributed by atoms with Gasteiger partial charge in [-0.2, -0.15) is 0 Å². The predicted octanol–water partition coefficient (Wildman–Crippen LogP) is 3.41. The van der Waals surface area contributed by atoms with Crippen molar-refractivity contribution in [1.29, 1.82) is 0 Å². The summed E-state index contributed by atoms with van der Waals surface area (Å²) in [6, 6.07) is 7.67. The molecule has 0 atom stereocenters. The number of ether oxygens (including phenoxy) is 2. The number of hydrogen-bond acceptors (Lipinski definition) is 5. The molecule has 1 saturated heterocycles. The molecule has 1 amide bonds. The summed E-state index contributed by atoms with van der Waals surface area (Å²) in [6.07, 6.45) is 2.70. The van der Waals surface area contributed by atoms with Crippen molar-refractivity contribution >= 4 is 12.3 Å². The first-order valence-corrected chi connectivity index (χ1v) is 8.23. The lowest BCUT2D eigenvalue weighted by Crippen LogP contribution is -2.45. The topological polar surface area (TPSA) is 71.4 Å². The summed E-state index contributed by atoms with van der Waals surface area (Å²) in [5.41, 5.74) is 1.28. The molecule has 0 saturated carbocycles. The molecule has 0 radical (unpaired) electrons. The van der Waals surface area contributed by atoms with Crippen molar-refractivity contribution in [3.05, 3.63) is 35.4 Å². The number of hydrogen-bond donors (Lipinski definition) is 1. The van der Waals surface area contributed by atoms with Crippen molar-refractivity contribution in [2.24, 2.45) is 5.16 Å². The van der Waals surface area contributed by atoms with Crippen LogP contribution in [0.2, 0.25) is 0 Å². The fourth-order valence-corrected chi connectivity index (χ4v) is 2.63. The Bertz CT molecular complexity index is 557. The molecule has 1 aliphatic heterocycles.